The molecule has 106 valence electrons. The van der Waals surface area contributed by atoms with Crippen LogP contribution in [0.4, 0.5) is 13.2 Å². The molecular weight excluding hydrogens is 269 g/mol. The molecule has 6 heteroatoms. The molecule has 20 heavy (non-hydrogen) atoms. The van der Waals surface area contributed by atoms with Crippen LogP contribution < -0.4 is 0 Å². The molecule has 0 fully saturated rings. The van der Waals surface area contributed by atoms with E-state index in [0.717, 1.165) is 18.6 Å². The minimum Gasteiger partial charge on any atom is -0.328 e. The van der Waals surface area contributed by atoms with Gasteiger partial charge >= 0.3 is 6.18 Å². The van der Waals surface area contributed by atoms with Crippen LogP contribution in [0.1, 0.15) is 35.1 Å². The Morgan fingerprint density at radius 3 is 2.75 bits per heavy atom. The molecule has 0 aliphatic carbocycles. The van der Waals surface area contributed by atoms with E-state index >= 15 is 0 Å². The Balaban J connectivity index is 2.36. The van der Waals surface area contributed by atoms with Gasteiger partial charge in [0.2, 0.25) is 5.78 Å². The fraction of sp³-hybridized carbons (Fsp3) is 0.286. The minimum atomic E-state index is -4.46. The lowest BCUT2D eigenvalue weighted by atomic mass is 10.1. The summed E-state index contributed by atoms with van der Waals surface area (Å²) in [6, 6.07) is 4.38. The van der Waals surface area contributed by atoms with Crippen LogP contribution in [0.2, 0.25) is 0 Å². The third-order valence-corrected chi connectivity index (χ3v) is 2.84. The number of benzene rings is 1. The molecule has 1 aromatic carbocycles. The first-order valence-electron chi connectivity index (χ1n) is 6.16. The summed E-state index contributed by atoms with van der Waals surface area (Å²) in [4.78, 5) is 16.2. The van der Waals surface area contributed by atoms with Gasteiger partial charge in [-0.1, -0.05) is 19.1 Å². The van der Waals surface area contributed by atoms with E-state index in [1.54, 1.807) is 10.8 Å². The third-order valence-electron chi connectivity index (χ3n) is 2.84. The van der Waals surface area contributed by atoms with Gasteiger partial charge in [0, 0.05) is 24.5 Å². The van der Waals surface area contributed by atoms with Gasteiger partial charge in [0.15, 0.2) is 5.82 Å². The topological polar surface area (TPSA) is 34.9 Å². The van der Waals surface area contributed by atoms with E-state index in [1.165, 1.54) is 18.3 Å². The molecule has 1 heterocycles. The average Bonchev–Trinajstić information content (AvgIpc) is 2.86. The predicted molar refractivity (Wildman–Crippen MR) is 67.4 cm³/mol. The average molecular weight is 282 g/mol. The maximum absolute atomic E-state index is 12.6. The monoisotopic (exact) mass is 282 g/mol. The van der Waals surface area contributed by atoms with E-state index in [4.69, 9.17) is 0 Å². The number of ketones is 1. The van der Waals surface area contributed by atoms with Gasteiger partial charge in [-0.2, -0.15) is 13.2 Å². The SMILES string of the molecule is CCCn1ccnc1C(=O)c1cccc(C(F)(F)F)c1. The summed E-state index contributed by atoms with van der Waals surface area (Å²) in [5, 5.41) is 0. The van der Waals surface area contributed by atoms with E-state index < -0.39 is 17.5 Å². The van der Waals surface area contributed by atoms with Crippen molar-refractivity contribution in [1.29, 1.82) is 0 Å². The van der Waals surface area contributed by atoms with E-state index in [9.17, 15) is 18.0 Å². The van der Waals surface area contributed by atoms with Crippen LogP contribution >= 0.6 is 0 Å². The van der Waals surface area contributed by atoms with Gasteiger partial charge in [0.25, 0.3) is 0 Å². The smallest absolute Gasteiger partial charge is 0.328 e. The second-order valence-electron chi connectivity index (χ2n) is 4.35. The number of hydrogen-bond acceptors (Lipinski definition) is 2. The second kappa shape index (κ2) is 5.48. The first-order valence-corrected chi connectivity index (χ1v) is 6.16. The van der Waals surface area contributed by atoms with Crippen molar-refractivity contribution in [1.82, 2.24) is 9.55 Å². The minimum absolute atomic E-state index is 0.0108. The largest absolute Gasteiger partial charge is 0.416 e. The molecule has 3 nitrogen and oxygen atoms in total. The lowest BCUT2D eigenvalue weighted by molar-refractivity contribution is -0.137. The zero-order valence-corrected chi connectivity index (χ0v) is 10.8. The van der Waals surface area contributed by atoms with Crippen molar-refractivity contribution in [2.24, 2.45) is 0 Å². The summed E-state index contributed by atoms with van der Waals surface area (Å²) in [5.74, 6) is -0.347. The molecule has 1 aromatic heterocycles. The quantitative estimate of drug-likeness (QED) is 0.804. The van der Waals surface area contributed by atoms with Gasteiger partial charge in [0.05, 0.1) is 5.56 Å². The molecule has 0 aliphatic rings. The number of nitrogens with zero attached hydrogens (tertiary/aromatic N) is 2. The summed E-state index contributed by atoms with van der Waals surface area (Å²) >= 11 is 0. The molecule has 0 unspecified atom stereocenters. The molecule has 0 N–H and O–H groups in total. The highest BCUT2D eigenvalue weighted by molar-refractivity contribution is 6.06. The highest BCUT2D eigenvalue weighted by Gasteiger charge is 2.31. The second-order valence-corrected chi connectivity index (χ2v) is 4.35. The molecule has 2 aromatic rings. The highest BCUT2D eigenvalue weighted by atomic mass is 19.4. The molecule has 0 radical (unpaired) electrons. The number of carbonyl (C=O) groups is 1. The van der Waals surface area contributed by atoms with Crippen molar-refractivity contribution in [2.75, 3.05) is 0 Å². The van der Waals surface area contributed by atoms with Crippen LogP contribution in [-0.4, -0.2) is 15.3 Å². The number of rotatable bonds is 4. The molecule has 0 amide bonds. The van der Waals surface area contributed by atoms with Crippen molar-refractivity contribution in [3.63, 3.8) is 0 Å². The van der Waals surface area contributed by atoms with Crippen LogP contribution in [-0.2, 0) is 12.7 Å². The molecule has 0 aliphatic heterocycles. The van der Waals surface area contributed by atoms with Crippen molar-refractivity contribution in [2.45, 2.75) is 26.1 Å². The van der Waals surface area contributed by atoms with Gasteiger partial charge in [-0.3, -0.25) is 4.79 Å². The summed E-state index contributed by atoms with van der Waals surface area (Å²) in [7, 11) is 0. The number of hydrogen-bond donors (Lipinski definition) is 0. The van der Waals surface area contributed by atoms with E-state index in [0.29, 0.717) is 6.54 Å². The van der Waals surface area contributed by atoms with Gasteiger partial charge in [-0.25, -0.2) is 4.98 Å². The van der Waals surface area contributed by atoms with Crippen molar-refractivity contribution >= 4 is 5.78 Å². The zero-order chi connectivity index (χ0) is 14.8. The fourth-order valence-corrected chi connectivity index (χ4v) is 1.91. The van der Waals surface area contributed by atoms with E-state index in [2.05, 4.69) is 4.98 Å². The Morgan fingerprint density at radius 1 is 1.35 bits per heavy atom. The number of halogens is 3. The van der Waals surface area contributed by atoms with E-state index in [-0.39, 0.29) is 11.4 Å². The summed E-state index contributed by atoms with van der Waals surface area (Å²) in [6.07, 6.45) is -0.546. The summed E-state index contributed by atoms with van der Waals surface area (Å²) < 4.78 is 39.6. The maximum atomic E-state index is 12.6. The summed E-state index contributed by atoms with van der Waals surface area (Å²) in [5.41, 5.74) is -0.847. The number of alkyl halides is 3. The number of imidazole rings is 1. The normalized spacial score (nSPS) is 11.6. The number of aryl methyl sites for hydroxylation is 1. The molecule has 0 saturated heterocycles. The Morgan fingerprint density at radius 2 is 2.10 bits per heavy atom. The standard InChI is InChI=1S/C14H13F3N2O/c1-2-7-19-8-6-18-13(19)12(20)10-4-3-5-11(9-10)14(15,16)17/h3-6,8-9H,2,7H2,1H3. The first kappa shape index (κ1) is 14.3. The lowest BCUT2D eigenvalue weighted by Gasteiger charge is -2.09. The van der Waals surface area contributed by atoms with Gasteiger partial charge in [-0.15, -0.1) is 0 Å². The van der Waals surface area contributed by atoms with Gasteiger partial charge in [0.1, 0.15) is 0 Å². The van der Waals surface area contributed by atoms with Gasteiger partial charge in [-0.05, 0) is 18.6 Å². The zero-order valence-electron chi connectivity index (χ0n) is 10.8. The number of carbonyl (C=O) groups excluding carboxylic acids is 1. The maximum Gasteiger partial charge on any atom is 0.416 e. The van der Waals surface area contributed by atoms with Crippen molar-refractivity contribution in [3.05, 3.63) is 53.6 Å². The predicted octanol–water partition coefficient (Wildman–Crippen LogP) is 3.54. The molecule has 0 bridgehead atoms. The van der Waals surface area contributed by atoms with Crippen LogP contribution in [0.15, 0.2) is 36.7 Å². The molecule has 2 rings (SSSR count). The lowest BCUT2D eigenvalue weighted by Crippen LogP contribution is -2.13. The first-order chi connectivity index (χ1) is 9.43. The summed E-state index contributed by atoms with van der Waals surface area (Å²) in [6.45, 7) is 2.54. The van der Waals surface area contributed by atoms with Crippen molar-refractivity contribution in [3.8, 4) is 0 Å². The molecular formula is C14H13F3N2O. The highest BCUT2D eigenvalue weighted by Crippen LogP contribution is 2.29. The fourth-order valence-electron chi connectivity index (χ4n) is 1.91. The number of aromatic nitrogens is 2. The van der Waals surface area contributed by atoms with Gasteiger partial charge < -0.3 is 4.57 Å². The van der Waals surface area contributed by atoms with E-state index in [1.807, 2.05) is 6.92 Å². The Bertz CT molecular complexity index is 617. The van der Waals surface area contributed by atoms with Crippen LogP contribution in [0.5, 0.6) is 0 Å². The van der Waals surface area contributed by atoms with Crippen LogP contribution in [0.3, 0.4) is 0 Å². The Kier molecular flexibility index (Phi) is 3.92. The van der Waals surface area contributed by atoms with Crippen molar-refractivity contribution < 1.29 is 18.0 Å². The third kappa shape index (κ3) is 2.89. The van der Waals surface area contributed by atoms with Crippen LogP contribution in [0.25, 0.3) is 0 Å². The Labute approximate surface area is 114 Å². The molecule has 0 atom stereocenters. The van der Waals surface area contributed by atoms with Crippen LogP contribution in [0, 0.1) is 0 Å². The molecule has 0 saturated carbocycles. The molecule has 0 spiro atoms. The Hall–Kier alpha value is -2.11.